The first-order chi connectivity index (χ1) is 15.0. The first-order valence-corrected chi connectivity index (χ1v) is 10.5. The van der Waals surface area contributed by atoms with E-state index in [0.717, 1.165) is 0 Å². The summed E-state index contributed by atoms with van der Waals surface area (Å²) in [7, 11) is 1.43. The maximum absolute atomic E-state index is 11.9. The summed E-state index contributed by atoms with van der Waals surface area (Å²) in [5, 5.41) is 16.1. The Hall–Kier alpha value is -1.67. The lowest BCUT2D eigenvalue weighted by atomic mass is 9.93. The van der Waals surface area contributed by atoms with Gasteiger partial charge in [-0.15, -0.1) is 0 Å². The summed E-state index contributed by atoms with van der Waals surface area (Å²) in [6.07, 6.45) is -5.97. The van der Waals surface area contributed by atoms with Crippen LogP contribution >= 0.6 is 0 Å². The van der Waals surface area contributed by atoms with E-state index in [1.54, 1.807) is 13.8 Å². The van der Waals surface area contributed by atoms with E-state index in [9.17, 15) is 19.5 Å². The number of ketones is 1. The third kappa shape index (κ3) is 6.44. The molecule has 10 atom stereocenters. The molecule has 32 heavy (non-hydrogen) atoms. The molecule has 184 valence electrons. The van der Waals surface area contributed by atoms with Crippen LogP contribution in [-0.4, -0.2) is 97.6 Å². The normalized spacial score (nSPS) is 39.9. The Bertz CT molecular complexity index is 679. The highest BCUT2D eigenvalue weighted by Crippen LogP contribution is 2.29. The molecular weight excluding hydrogens is 426 g/mol. The molecule has 12 nitrogen and oxygen atoms in total. The summed E-state index contributed by atoms with van der Waals surface area (Å²) in [4.78, 5) is 35.1. The van der Waals surface area contributed by atoms with Crippen LogP contribution in [0.2, 0.25) is 0 Å². The van der Waals surface area contributed by atoms with E-state index in [0.29, 0.717) is 0 Å². The molecule has 0 spiro atoms. The predicted octanol–water partition coefficient (Wildman–Crippen LogP) is -1.82. The lowest BCUT2D eigenvalue weighted by Gasteiger charge is -2.48. The molecule has 0 aromatic carbocycles. The molecule has 0 aromatic rings. The van der Waals surface area contributed by atoms with Crippen LogP contribution in [0.3, 0.4) is 0 Å². The second-order valence-corrected chi connectivity index (χ2v) is 8.25. The predicted molar refractivity (Wildman–Crippen MR) is 110 cm³/mol. The molecule has 0 bridgehead atoms. The van der Waals surface area contributed by atoms with Crippen molar-refractivity contribution in [2.24, 2.45) is 5.73 Å². The van der Waals surface area contributed by atoms with E-state index in [4.69, 9.17) is 29.4 Å². The maximum Gasteiger partial charge on any atom is 0.217 e. The summed E-state index contributed by atoms with van der Waals surface area (Å²) in [6, 6.07) is -2.57. The van der Waals surface area contributed by atoms with Gasteiger partial charge in [-0.2, -0.15) is 0 Å². The van der Waals surface area contributed by atoms with Crippen LogP contribution < -0.4 is 16.4 Å². The van der Waals surface area contributed by atoms with E-state index in [1.165, 1.54) is 27.9 Å². The zero-order valence-corrected chi connectivity index (χ0v) is 19.3. The van der Waals surface area contributed by atoms with Crippen molar-refractivity contribution in [3.05, 3.63) is 0 Å². The minimum atomic E-state index is -1.13. The van der Waals surface area contributed by atoms with E-state index in [2.05, 4.69) is 10.6 Å². The Kier molecular flexibility index (Phi) is 9.52. The number of nitrogens with one attached hydrogen (secondary N) is 2. The van der Waals surface area contributed by atoms with E-state index >= 15 is 0 Å². The fraction of sp³-hybridized carbons (Fsp3) is 0.850. The molecule has 2 saturated heterocycles. The Labute approximate surface area is 187 Å². The summed E-state index contributed by atoms with van der Waals surface area (Å²) in [5.41, 5.74) is 6.34. The van der Waals surface area contributed by atoms with Crippen molar-refractivity contribution in [3.63, 3.8) is 0 Å². The van der Waals surface area contributed by atoms with Gasteiger partial charge in [0.05, 0.1) is 18.2 Å². The minimum Gasteiger partial charge on any atom is -0.388 e. The number of carbonyl (C=O) groups excluding carboxylic acids is 3. The van der Waals surface area contributed by atoms with Crippen LogP contribution in [0.4, 0.5) is 0 Å². The van der Waals surface area contributed by atoms with Gasteiger partial charge >= 0.3 is 0 Å². The molecule has 0 radical (unpaired) electrons. The van der Waals surface area contributed by atoms with Gasteiger partial charge in [-0.05, 0) is 20.8 Å². The van der Waals surface area contributed by atoms with Gasteiger partial charge in [-0.1, -0.05) is 0 Å². The van der Waals surface area contributed by atoms with Crippen molar-refractivity contribution in [3.8, 4) is 0 Å². The molecule has 5 N–H and O–H groups in total. The largest absolute Gasteiger partial charge is 0.388 e. The molecule has 2 amide bonds. The molecule has 0 saturated carbocycles. The topological polar surface area (TPSA) is 168 Å². The summed E-state index contributed by atoms with van der Waals surface area (Å²) in [5.74, 6) is -1.01. The number of hydrogen-bond acceptors (Lipinski definition) is 10. The molecule has 2 aliphatic heterocycles. The number of methoxy groups -OCH3 is 1. The lowest BCUT2D eigenvalue weighted by molar-refractivity contribution is -0.306. The molecule has 2 heterocycles. The molecule has 4 unspecified atom stereocenters. The third-order valence-electron chi connectivity index (χ3n) is 5.48. The quantitative estimate of drug-likeness (QED) is 0.323. The third-order valence-corrected chi connectivity index (χ3v) is 5.48. The fourth-order valence-corrected chi connectivity index (χ4v) is 3.96. The van der Waals surface area contributed by atoms with Crippen molar-refractivity contribution in [1.29, 1.82) is 0 Å². The Morgan fingerprint density at radius 2 is 1.50 bits per heavy atom. The van der Waals surface area contributed by atoms with Crippen LogP contribution in [0, 0.1) is 0 Å². The molecule has 2 fully saturated rings. The highest BCUT2D eigenvalue weighted by molar-refractivity contribution is 5.76. The molecule has 0 aliphatic carbocycles. The summed E-state index contributed by atoms with van der Waals surface area (Å²) >= 11 is 0. The van der Waals surface area contributed by atoms with Crippen LogP contribution in [0.5, 0.6) is 0 Å². The van der Waals surface area contributed by atoms with Crippen LogP contribution in [-0.2, 0) is 38.1 Å². The Morgan fingerprint density at radius 1 is 0.938 bits per heavy atom. The standard InChI is InChI=1S/C20H35N3O9/c1-8(24)7-29-19-15(23-12(5)26)18(13(21)9(2)30-19)32-20-14(22-11(4)25)16(27)17(28-6)10(3)31-20/h9-10,13-20,27H,7,21H2,1-6H3,(H,22,25)(H,23,26)/t9?,10?,13-,14?,15?,16+,17-,18-,19+,20-/m0/s1. The number of amides is 2. The first kappa shape index (κ1) is 26.6. The number of aliphatic hydroxyl groups is 1. The van der Waals surface area contributed by atoms with Gasteiger partial charge < -0.3 is 45.2 Å². The number of ether oxygens (including phenoxy) is 5. The number of rotatable bonds is 8. The van der Waals surface area contributed by atoms with Crippen LogP contribution in [0.1, 0.15) is 34.6 Å². The van der Waals surface area contributed by atoms with Crippen LogP contribution in [0.25, 0.3) is 0 Å². The van der Waals surface area contributed by atoms with Gasteiger partial charge in [-0.25, -0.2) is 0 Å². The van der Waals surface area contributed by atoms with Gasteiger partial charge in [0, 0.05) is 21.0 Å². The molecule has 0 aromatic heterocycles. The molecule has 12 heteroatoms. The van der Waals surface area contributed by atoms with Crippen molar-refractivity contribution in [2.75, 3.05) is 13.7 Å². The number of nitrogens with two attached hydrogens (primary N) is 1. The number of aliphatic hydroxyl groups excluding tert-OH is 1. The average Bonchev–Trinajstić information content (AvgIpc) is 2.68. The Balaban J connectivity index is 2.32. The number of hydrogen-bond donors (Lipinski definition) is 4. The molecule has 2 aliphatic rings. The van der Waals surface area contributed by atoms with Crippen molar-refractivity contribution in [2.45, 2.75) is 95.8 Å². The van der Waals surface area contributed by atoms with Gasteiger partial charge in [0.15, 0.2) is 18.4 Å². The van der Waals surface area contributed by atoms with Crippen molar-refractivity contribution in [1.82, 2.24) is 10.6 Å². The maximum atomic E-state index is 11.9. The highest BCUT2D eigenvalue weighted by Gasteiger charge is 2.50. The fourth-order valence-electron chi connectivity index (χ4n) is 3.96. The molecule has 2 rings (SSSR count). The Morgan fingerprint density at radius 3 is 2.03 bits per heavy atom. The smallest absolute Gasteiger partial charge is 0.217 e. The molecular formula is C20H35N3O9. The monoisotopic (exact) mass is 461 g/mol. The van der Waals surface area contributed by atoms with Crippen LogP contribution in [0.15, 0.2) is 0 Å². The van der Waals surface area contributed by atoms with Crippen molar-refractivity contribution >= 4 is 17.6 Å². The first-order valence-electron chi connectivity index (χ1n) is 10.5. The lowest BCUT2D eigenvalue weighted by Crippen LogP contribution is -2.70. The van der Waals surface area contributed by atoms with Gasteiger partial charge in [0.2, 0.25) is 11.8 Å². The number of carbonyl (C=O) groups is 3. The average molecular weight is 462 g/mol. The highest BCUT2D eigenvalue weighted by atomic mass is 16.7. The van der Waals surface area contributed by atoms with Gasteiger partial charge in [-0.3, -0.25) is 14.4 Å². The van der Waals surface area contributed by atoms with Gasteiger partial charge in [0.1, 0.15) is 37.0 Å². The van der Waals surface area contributed by atoms with Crippen molar-refractivity contribution < 1.29 is 43.2 Å². The number of Topliss-reactive ketones (excluding diaryl/α,β-unsaturated/α-hetero) is 1. The van der Waals surface area contributed by atoms with E-state index < -0.39 is 67.1 Å². The van der Waals surface area contributed by atoms with Gasteiger partial charge in [0.25, 0.3) is 0 Å². The second-order valence-electron chi connectivity index (χ2n) is 8.25. The minimum absolute atomic E-state index is 0.223. The summed E-state index contributed by atoms with van der Waals surface area (Å²) in [6.45, 7) is 7.17. The zero-order chi connectivity index (χ0) is 24.2. The zero-order valence-electron chi connectivity index (χ0n) is 19.3. The second kappa shape index (κ2) is 11.5. The summed E-state index contributed by atoms with van der Waals surface area (Å²) < 4.78 is 28.7. The van der Waals surface area contributed by atoms with E-state index in [-0.39, 0.29) is 18.3 Å². The van der Waals surface area contributed by atoms with E-state index in [1.807, 2.05) is 0 Å². The SMILES string of the molecule is CO[C@H]1C(C)O[C@@H](O[C@@H]2C(NC(C)=O)[C@H](OCC(C)=O)OC(C)[C@@H]2N)C(NC(C)=O)[C@H]1O.